The van der Waals surface area contributed by atoms with Crippen LogP contribution in [0, 0.1) is 0 Å². The number of sulfonamides is 1. The number of para-hydroxylation sites is 1. The first-order valence-corrected chi connectivity index (χ1v) is 10.9. The van der Waals surface area contributed by atoms with Crippen LogP contribution in [0.3, 0.4) is 0 Å². The summed E-state index contributed by atoms with van der Waals surface area (Å²) in [6.07, 6.45) is 2.89. The molecular formula is C21H23N3O3S. The molecule has 0 bridgehead atoms. The maximum absolute atomic E-state index is 12.5. The van der Waals surface area contributed by atoms with Crippen molar-refractivity contribution in [3.63, 3.8) is 0 Å². The molecule has 0 saturated heterocycles. The number of hydrogen-bond donors (Lipinski definition) is 1. The topological polar surface area (TPSA) is 79.4 Å². The SMILES string of the molecule is CC(c1ccccc1)N(CCC(=O)Nc1cccc2cccnc12)S(C)(=O)=O. The molecule has 1 N–H and O–H groups in total. The molecule has 1 unspecified atom stereocenters. The highest BCUT2D eigenvalue weighted by molar-refractivity contribution is 7.88. The Morgan fingerprint density at radius 2 is 1.79 bits per heavy atom. The summed E-state index contributed by atoms with van der Waals surface area (Å²) in [6.45, 7) is 1.92. The minimum absolute atomic E-state index is 0.0491. The molecule has 0 aliphatic carbocycles. The zero-order valence-corrected chi connectivity index (χ0v) is 16.7. The first-order chi connectivity index (χ1) is 13.4. The largest absolute Gasteiger partial charge is 0.324 e. The second kappa shape index (κ2) is 8.50. The number of rotatable bonds is 7. The van der Waals surface area contributed by atoms with Gasteiger partial charge in [-0.15, -0.1) is 0 Å². The van der Waals surface area contributed by atoms with Crippen LogP contribution in [0.2, 0.25) is 0 Å². The van der Waals surface area contributed by atoms with Gasteiger partial charge in [0, 0.05) is 30.6 Å². The third-order valence-corrected chi connectivity index (χ3v) is 5.96. The summed E-state index contributed by atoms with van der Waals surface area (Å²) in [7, 11) is -3.47. The Labute approximate surface area is 165 Å². The number of aromatic nitrogens is 1. The number of fused-ring (bicyclic) bond motifs is 1. The van der Waals surface area contributed by atoms with E-state index in [1.165, 1.54) is 10.6 Å². The molecule has 1 atom stereocenters. The highest BCUT2D eigenvalue weighted by Gasteiger charge is 2.25. The molecule has 0 fully saturated rings. The number of pyridine rings is 1. The maximum atomic E-state index is 12.5. The lowest BCUT2D eigenvalue weighted by atomic mass is 10.1. The summed E-state index contributed by atoms with van der Waals surface area (Å²) in [6, 6.07) is 18.3. The van der Waals surface area contributed by atoms with Crippen molar-refractivity contribution in [1.29, 1.82) is 0 Å². The van der Waals surface area contributed by atoms with Gasteiger partial charge in [0.15, 0.2) is 0 Å². The van der Waals surface area contributed by atoms with Crippen molar-refractivity contribution < 1.29 is 13.2 Å². The van der Waals surface area contributed by atoms with E-state index in [1.807, 2.05) is 61.5 Å². The number of carbonyl (C=O) groups excluding carboxylic acids is 1. The zero-order chi connectivity index (χ0) is 20.1. The Morgan fingerprint density at radius 1 is 1.07 bits per heavy atom. The molecule has 0 aliphatic heterocycles. The molecule has 0 radical (unpaired) electrons. The van der Waals surface area contributed by atoms with Crippen molar-refractivity contribution in [3.05, 3.63) is 72.4 Å². The summed E-state index contributed by atoms with van der Waals surface area (Å²) in [5.41, 5.74) is 2.20. The number of anilines is 1. The van der Waals surface area contributed by atoms with Gasteiger partial charge in [0.05, 0.1) is 17.5 Å². The molecule has 0 spiro atoms. The third-order valence-electron chi connectivity index (χ3n) is 4.61. The Balaban J connectivity index is 1.72. The van der Waals surface area contributed by atoms with Gasteiger partial charge in [-0.05, 0) is 24.6 Å². The number of benzene rings is 2. The Kier molecular flexibility index (Phi) is 6.06. The van der Waals surface area contributed by atoms with Crippen molar-refractivity contribution in [2.24, 2.45) is 0 Å². The Morgan fingerprint density at radius 3 is 2.50 bits per heavy atom. The molecule has 0 aliphatic rings. The van der Waals surface area contributed by atoms with Crippen LogP contribution in [-0.4, -0.2) is 36.4 Å². The Bertz CT molecular complexity index is 1060. The highest BCUT2D eigenvalue weighted by atomic mass is 32.2. The number of nitrogens with zero attached hydrogens (tertiary/aromatic N) is 2. The summed E-state index contributed by atoms with van der Waals surface area (Å²) < 4.78 is 25.9. The van der Waals surface area contributed by atoms with Gasteiger partial charge in [0.1, 0.15) is 0 Å². The van der Waals surface area contributed by atoms with Crippen LogP contribution in [0.4, 0.5) is 5.69 Å². The molecular weight excluding hydrogens is 374 g/mol. The van der Waals surface area contributed by atoms with Crippen molar-refractivity contribution >= 4 is 32.5 Å². The standard InChI is InChI=1S/C21H23N3O3S/c1-16(17-8-4-3-5-9-17)24(28(2,26)27)15-13-20(25)23-19-12-6-10-18-11-7-14-22-21(18)19/h3-12,14,16H,13,15H2,1-2H3,(H,23,25). The molecule has 3 rings (SSSR count). The predicted molar refractivity (Wildman–Crippen MR) is 111 cm³/mol. The fourth-order valence-corrected chi connectivity index (χ4v) is 4.29. The van der Waals surface area contributed by atoms with E-state index in [-0.39, 0.29) is 24.9 Å². The van der Waals surface area contributed by atoms with Gasteiger partial charge in [0.25, 0.3) is 0 Å². The fourth-order valence-electron chi connectivity index (χ4n) is 3.17. The van der Waals surface area contributed by atoms with Crippen LogP contribution in [-0.2, 0) is 14.8 Å². The first kappa shape index (κ1) is 20.0. The summed E-state index contributed by atoms with van der Waals surface area (Å²) >= 11 is 0. The van der Waals surface area contributed by atoms with E-state index in [1.54, 1.807) is 12.3 Å². The third kappa shape index (κ3) is 4.74. The van der Waals surface area contributed by atoms with E-state index in [0.717, 1.165) is 10.9 Å². The van der Waals surface area contributed by atoms with Gasteiger partial charge < -0.3 is 5.32 Å². The van der Waals surface area contributed by atoms with Crippen LogP contribution in [0.1, 0.15) is 24.9 Å². The molecule has 2 aromatic carbocycles. The quantitative estimate of drug-likeness (QED) is 0.661. The summed E-state index contributed by atoms with van der Waals surface area (Å²) in [4.78, 5) is 16.8. The summed E-state index contributed by atoms with van der Waals surface area (Å²) in [5.74, 6) is -0.257. The minimum atomic E-state index is -3.47. The highest BCUT2D eigenvalue weighted by Crippen LogP contribution is 2.24. The molecule has 146 valence electrons. The fraction of sp³-hybridized carbons (Fsp3) is 0.238. The van der Waals surface area contributed by atoms with Gasteiger partial charge in [-0.3, -0.25) is 9.78 Å². The van der Waals surface area contributed by atoms with E-state index in [0.29, 0.717) is 11.2 Å². The molecule has 1 heterocycles. The number of amides is 1. The molecule has 3 aromatic rings. The molecule has 1 amide bonds. The van der Waals surface area contributed by atoms with Gasteiger partial charge >= 0.3 is 0 Å². The van der Waals surface area contributed by atoms with E-state index in [9.17, 15) is 13.2 Å². The van der Waals surface area contributed by atoms with Crippen LogP contribution in [0.15, 0.2) is 66.9 Å². The van der Waals surface area contributed by atoms with Crippen LogP contribution < -0.4 is 5.32 Å². The summed E-state index contributed by atoms with van der Waals surface area (Å²) in [5, 5.41) is 3.77. The van der Waals surface area contributed by atoms with Crippen LogP contribution in [0.25, 0.3) is 10.9 Å². The van der Waals surface area contributed by atoms with Crippen LogP contribution >= 0.6 is 0 Å². The lowest BCUT2D eigenvalue weighted by Crippen LogP contribution is -2.35. The number of nitrogens with one attached hydrogen (secondary N) is 1. The lowest BCUT2D eigenvalue weighted by molar-refractivity contribution is -0.116. The van der Waals surface area contributed by atoms with Crippen LogP contribution in [0.5, 0.6) is 0 Å². The molecule has 28 heavy (non-hydrogen) atoms. The van der Waals surface area contributed by atoms with Gasteiger partial charge in [-0.25, -0.2) is 8.42 Å². The Hall–Kier alpha value is -2.77. The average Bonchev–Trinajstić information content (AvgIpc) is 2.68. The molecule has 1 aromatic heterocycles. The van der Waals surface area contributed by atoms with Gasteiger partial charge in [-0.2, -0.15) is 4.31 Å². The average molecular weight is 398 g/mol. The first-order valence-electron chi connectivity index (χ1n) is 9.01. The van der Waals surface area contributed by atoms with Gasteiger partial charge in [0.2, 0.25) is 15.9 Å². The monoisotopic (exact) mass is 397 g/mol. The number of carbonyl (C=O) groups is 1. The lowest BCUT2D eigenvalue weighted by Gasteiger charge is -2.27. The second-order valence-corrected chi connectivity index (χ2v) is 8.57. The minimum Gasteiger partial charge on any atom is -0.324 e. The van der Waals surface area contributed by atoms with E-state index >= 15 is 0 Å². The molecule has 0 saturated carbocycles. The van der Waals surface area contributed by atoms with Crippen molar-refractivity contribution in [3.8, 4) is 0 Å². The molecule has 6 nitrogen and oxygen atoms in total. The van der Waals surface area contributed by atoms with Crippen molar-refractivity contribution in [2.75, 3.05) is 18.1 Å². The van der Waals surface area contributed by atoms with E-state index in [2.05, 4.69) is 10.3 Å². The van der Waals surface area contributed by atoms with E-state index in [4.69, 9.17) is 0 Å². The predicted octanol–water partition coefficient (Wildman–Crippen LogP) is 3.59. The van der Waals surface area contributed by atoms with Crippen molar-refractivity contribution in [2.45, 2.75) is 19.4 Å². The normalized spacial score (nSPS) is 12.8. The molecule has 7 heteroatoms. The number of hydrogen-bond acceptors (Lipinski definition) is 4. The second-order valence-electron chi connectivity index (χ2n) is 6.64. The van der Waals surface area contributed by atoms with Gasteiger partial charge in [-0.1, -0.05) is 48.5 Å². The smallest absolute Gasteiger partial charge is 0.225 e. The van der Waals surface area contributed by atoms with Crippen molar-refractivity contribution in [1.82, 2.24) is 9.29 Å². The zero-order valence-electron chi connectivity index (χ0n) is 15.9. The maximum Gasteiger partial charge on any atom is 0.225 e. The van der Waals surface area contributed by atoms with E-state index < -0.39 is 10.0 Å².